The van der Waals surface area contributed by atoms with E-state index in [9.17, 15) is 4.79 Å². The van der Waals surface area contributed by atoms with E-state index in [2.05, 4.69) is 10.2 Å². The molecule has 1 aliphatic rings. The number of rotatable bonds is 3. The lowest BCUT2D eigenvalue weighted by Gasteiger charge is -2.24. The highest BCUT2D eigenvalue weighted by Crippen LogP contribution is 2.15. The Morgan fingerprint density at radius 1 is 1.44 bits per heavy atom. The molecule has 1 aliphatic heterocycles. The topological polar surface area (TPSA) is 45.5 Å². The maximum atomic E-state index is 12.1. The van der Waals surface area contributed by atoms with Crippen molar-refractivity contribution in [2.75, 3.05) is 13.6 Å². The molecule has 0 saturated carbocycles. The Bertz CT molecular complexity index is 400. The van der Waals surface area contributed by atoms with E-state index >= 15 is 0 Å². The Morgan fingerprint density at radius 3 is 3.00 bits per heavy atom. The fourth-order valence-electron chi connectivity index (χ4n) is 2.46. The van der Waals surface area contributed by atoms with E-state index < -0.39 is 0 Å². The first kappa shape index (κ1) is 13.1. The Hall–Kier alpha value is -1.29. The lowest BCUT2D eigenvalue weighted by molar-refractivity contribution is -0.126. The van der Waals surface area contributed by atoms with Crippen molar-refractivity contribution >= 4 is 5.91 Å². The standard InChI is InChI=1S/C14H22N2O2/c1-11-7-8-12(18-11)10-15-14(17)13-6-4-3-5-9-16(13)2/h7-8,13H,3-6,9-10H2,1-2H3,(H,15,17). The second-order valence-electron chi connectivity index (χ2n) is 5.08. The summed E-state index contributed by atoms with van der Waals surface area (Å²) in [7, 11) is 2.03. The molecule has 2 rings (SSSR count). The number of nitrogens with zero attached hydrogens (tertiary/aromatic N) is 1. The van der Waals surface area contributed by atoms with E-state index in [-0.39, 0.29) is 11.9 Å². The molecule has 100 valence electrons. The monoisotopic (exact) mass is 250 g/mol. The first-order chi connectivity index (χ1) is 8.66. The van der Waals surface area contributed by atoms with Crippen LogP contribution in [-0.4, -0.2) is 30.4 Å². The van der Waals surface area contributed by atoms with Crippen LogP contribution in [0.1, 0.15) is 37.2 Å². The molecule has 1 N–H and O–H groups in total. The second-order valence-corrected chi connectivity index (χ2v) is 5.08. The molecule has 4 heteroatoms. The van der Waals surface area contributed by atoms with Crippen LogP contribution in [0.4, 0.5) is 0 Å². The number of amides is 1. The van der Waals surface area contributed by atoms with Gasteiger partial charge in [-0.3, -0.25) is 9.69 Å². The normalized spacial score (nSPS) is 21.6. The zero-order valence-corrected chi connectivity index (χ0v) is 11.2. The van der Waals surface area contributed by atoms with Gasteiger partial charge in [0.1, 0.15) is 11.5 Å². The minimum absolute atomic E-state index is 0.0172. The third kappa shape index (κ3) is 3.35. The number of hydrogen-bond acceptors (Lipinski definition) is 3. The number of carbonyl (C=O) groups is 1. The summed E-state index contributed by atoms with van der Waals surface area (Å²) in [6.07, 6.45) is 4.52. The largest absolute Gasteiger partial charge is 0.465 e. The van der Waals surface area contributed by atoms with E-state index in [0.717, 1.165) is 30.9 Å². The van der Waals surface area contributed by atoms with Crippen LogP contribution < -0.4 is 5.32 Å². The molecule has 1 unspecified atom stereocenters. The van der Waals surface area contributed by atoms with Crippen LogP contribution in [0.5, 0.6) is 0 Å². The van der Waals surface area contributed by atoms with Gasteiger partial charge in [0.2, 0.25) is 5.91 Å². The van der Waals surface area contributed by atoms with Gasteiger partial charge in [0, 0.05) is 0 Å². The predicted molar refractivity (Wildman–Crippen MR) is 70.2 cm³/mol. The number of carbonyl (C=O) groups excluding carboxylic acids is 1. The molecule has 1 saturated heterocycles. The summed E-state index contributed by atoms with van der Waals surface area (Å²) < 4.78 is 5.44. The summed E-state index contributed by atoms with van der Waals surface area (Å²) in [4.78, 5) is 14.3. The van der Waals surface area contributed by atoms with E-state index in [0.29, 0.717) is 6.54 Å². The molecule has 2 heterocycles. The van der Waals surface area contributed by atoms with Gasteiger partial charge in [0.05, 0.1) is 12.6 Å². The Labute approximate surface area is 108 Å². The van der Waals surface area contributed by atoms with Gasteiger partial charge >= 0.3 is 0 Å². The van der Waals surface area contributed by atoms with E-state index in [1.54, 1.807) is 0 Å². The summed E-state index contributed by atoms with van der Waals surface area (Å²) in [6, 6.07) is 3.84. The van der Waals surface area contributed by atoms with Crippen molar-refractivity contribution in [3.63, 3.8) is 0 Å². The summed E-state index contributed by atoms with van der Waals surface area (Å²) in [5.41, 5.74) is 0. The van der Waals surface area contributed by atoms with Crippen molar-refractivity contribution in [3.8, 4) is 0 Å². The molecule has 1 fully saturated rings. The number of aryl methyl sites for hydroxylation is 1. The summed E-state index contributed by atoms with van der Waals surface area (Å²) in [6.45, 7) is 3.40. The fourth-order valence-corrected chi connectivity index (χ4v) is 2.46. The molecule has 1 aromatic heterocycles. The summed E-state index contributed by atoms with van der Waals surface area (Å²) >= 11 is 0. The lowest BCUT2D eigenvalue weighted by atomic mass is 10.1. The highest BCUT2D eigenvalue weighted by molar-refractivity contribution is 5.81. The van der Waals surface area contributed by atoms with Gasteiger partial charge in [-0.1, -0.05) is 12.8 Å². The zero-order valence-electron chi connectivity index (χ0n) is 11.2. The molecule has 0 aromatic carbocycles. The summed E-state index contributed by atoms with van der Waals surface area (Å²) in [5, 5.41) is 2.97. The minimum atomic E-state index is 0.0172. The maximum absolute atomic E-state index is 12.1. The van der Waals surface area contributed by atoms with Crippen LogP contribution in [0.15, 0.2) is 16.5 Å². The van der Waals surface area contributed by atoms with Crippen molar-refractivity contribution in [3.05, 3.63) is 23.7 Å². The molecule has 1 atom stereocenters. The molecule has 0 aliphatic carbocycles. The van der Waals surface area contributed by atoms with Gasteiger partial charge in [-0.2, -0.15) is 0 Å². The van der Waals surface area contributed by atoms with Gasteiger partial charge in [-0.25, -0.2) is 0 Å². The molecule has 4 nitrogen and oxygen atoms in total. The van der Waals surface area contributed by atoms with Crippen LogP contribution in [0.2, 0.25) is 0 Å². The molecule has 1 aromatic rings. The lowest BCUT2D eigenvalue weighted by Crippen LogP contribution is -2.44. The van der Waals surface area contributed by atoms with E-state index in [1.165, 1.54) is 12.8 Å². The first-order valence-electron chi connectivity index (χ1n) is 6.70. The Morgan fingerprint density at radius 2 is 2.28 bits per heavy atom. The van der Waals surface area contributed by atoms with Crippen LogP contribution in [0.3, 0.4) is 0 Å². The number of likely N-dealkylation sites (tertiary alicyclic amines) is 1. The van der Waals surface area contributed by atoms with Gasteiger partial charge in [0.15, 0.2) is 0 Å². The Kier molecular flexibility index (Phi) is 4.42. The van der Waals surface area contributed by atoms with Crippen molar-refractivity contribution in [1.82, 2.24) is 10.2 Å². The number of likely N-dealkylation sites (N-methyl/N-ethyl adjacent to an activating group) is 1. The van der Waals surface area contributed by atoms with E-state index in [1.807, 2.05) is 26.1 Å². The number of nitrogens with one attached hydrogen (secondary N) is 1. The van der Waals surface area contributed by atoms with Crippen molar-refractivity contribution < 1.29 is 9.21 Å². The maximum Gasteiger partial charge on any atom is 0.237 e. The zero-order chi connectivity index (χ0) is 13.0. The predicted octanol–water partition coefficient (Wildman–Crippen LogP) is 2.08. The molecule has 1 amide bonds. The second kappa shape index (κ2) is 6.05. The molecule has 0 bridgehead atoms. The fraction of sp³-hybridized carbons (Fsp3) is 0.643. The van der Waals surface area contributed by atoms with Crippen molar-refractivity contribution in [2.24, 2.45) is 0 Å². The Balaban J connectivity index is 1.86. The van der Waals surface area contributed by atoms with E-state index in [4.69, 9.17) is 4.42 Å². The van der Waals surface area contributed by atoms with Crippen LogP contribution in [-0.2, 0) is 11.3 Å². The number of furan rings is 1. The van der Waals surface area contributed by atoms with Gasteiger partial charge in [0.25, 0.3) is 0 Å². The van der Waals surface area contributed by atoms with Crippen LogP contribution >= 0.6 is 0 Å². The SMILES string of the molecule is Cc1ccc(CNC(=O)C2CCCCCN2C)o1. The highest BCUT2D eigenvalue weighted by atomic mass is 16.3. The molecule has 18 heavy (non-hydrogen) atoms. The van der Waals surface area contributed by atoms with Gasteiger partial charge < -0.3 is 9.73 Å². The minimum Gasteiger partial charge on any atom is -0.465 e. The average Bonchev–Trinajstić information content (AvgIpc) is 2.64. The molecule has 0 radical (unpaired) electrons. The molecular formula is C14H22N2O2. The smallest absolute Gasteiger partial charge is 0.237 e. The van der Waals surface area contributed by atoms with Gasteiger partial charge in [-0.15, -0.1) is 0 Å². The average molecular weight is 250 g/mol. The third-order valence-corrected chi connectivity index (χ3v) is 3.56. The molecular weight excluding hydrogens is 228 g/mol. The first-order valence-corrected chi connectivity index (χ1v) is 6.70. The van der Waals surface area contributed by atoms with Gasteiger partial charge in [-0.05, 0) is 45.5 Å². The summed E-state index contributed by atoms with van der Waals surface area (Å²) in [5.74, 6) is 1.82. The third-order valence-electron chi connectivity index (χ3n) is 3.56. The quantitative estimate of drug-likeness (QED) is 0.893. The van der Waals surface area contributed by atoms with Crippen molar-refractivity contribution in [2.45, 2.75) is 45.2 Å². The van der Waals surface area contributed by atoms with Crippen LogP contribution in [0, 0.1) is 6.92 Å². The highest BCUT2D eigenvalue weighted by Gasteiger charge is 2.24. The van der Waals surface area contributed by atoms with Crippen molar-refractivity contribution in [1.29, 1.82) is 0 Å². The molecule has 0 spiro atoms. The number of hydrogen-bond donors (Lipinski definition) is 1. The van der Waals surface area contributed by atoms with Crippen LogP contribution in [0.25, 0.3) is 0 Å².